The lowest BCUT2D eigenvalue weighted by Crippen LogP contribution is -2.21. The Labute approximate surface area is 222 Å². The van der Waals surface area contributed by atoms with Gasteiger partial charge in [-0.2, -0.15) is 0 Å². The topological polar surface area (TPSA) is 106 Å². The molecule has 1 atom stereocenters. The van der Waals surface area contributed by atoms with Crippen molar-refractivity contribution >= 4 is 57.2 Å². The molecule has 4 rings (SSSR count). The number of hydrogen-bond acceptors (Lipinski definition) is 9. The average Bonchev–Trinajstić information content (AvgIpc) is 3.51. The van der Waals surface area contributed by atoms with Crippen molar-refractivity contribution in [2.24, 2.45) is 13.0 Å². The normalized spacial score (nSPS) is 14.9. The molecular weight excluding hydrogens is 518 g/mol. The van der Waals surface area contributed by atoms with Crippen molar-refractivity contribution in [2.45, 2.75) is 38.3 Å². The smallest absolute Gasteiger partial charge is 0.341 e. The number of carbonyl (C=O) groups is 3. The number of carbonyl (C=O) groups excluding carboxylic acids is 3. The highest BCUT2D eigenvalue weighted by molar-refractivity contribution is 7.99. The number of rotatable bonds is 7. The van der Waals surface area contributed by atoms with Gasteiger partial charge < -0.3 is 19.5 Å². The summed E-state index contributed by atoms with van der Waals surface area (Å²) in [5, 5.41) is 14.6. The van der Waals surface area contributed by atoms with Crippen molar-refractivity contribution in [3.05, 3.63) is 31.8 Å². The number of thiophene rings is 2. The van der Waals surface area contributed by atoms with E-state index in [-0.39, 0.29) is 23.1 Å². The SMILES string of the molecule is COC(=O)c1c(NC(=O)CSc2nnc(-c3csc4c3CCC(C)C4)n2C)sc(C(=O)N(C)C)c1C. The Kier molecular flexibility index (Phi) is 7.86. The Morgan fingerprint density at radius 1 is 1.31 bits per heavy atom. The summed E-state index contributed by atoms with van der Waals surface area (Å²) in [5.41, 5.74) is 3.18. The zero-order valence-electron chi connectivity index (χ0n) is 21.1. The number of amides is 2. The minimum absolute atomic E-state index is 0.0692. The molecule has 1 aliphatic carbocycles. The standard InChI is InChI=1S/C24H29N5O4S3/c1-12-7-8-14-15(10-34-16(14)9-12)20-26-27-24(29(20)5)35-11-17(30)25-21-18(23(32)33-6)13(2)19(36-21)22(31)28(3)4/h10,12H,7-9,11H2,1-6H3,(H,25,30). The predicted octanol–water partition coefficient (Wildman–Crippen LogP) is 4.26. The first-order chi connectivity index (χ1) is 17.1. The maximum absolute atomic E-state index is 12.8. The van der Waals surface area contributed by atoms with Gasteiger partial charge in [0.1, 0.15) is 5.00 Å². The lowest BCUT2D eigenvalue weighted by Gasteiger charge is -2.18. The second kappa shape index (κ2) is 10.7. The zero-order chi connectivity index (χ0) is 26.1. The summed E-state index contributed by atoms with van der Waals surface area (Å²) >= 11 is 4.12. The third-order valence-electron chi connectivity index (χ3n) is 6.20. The molecule has 0 aromatic carbocycles. The molecule has 0 radical (unpaired) electrons. The van der Waals surface area contributed by atoms with E-state index < -0.39 is 5.97 Å². The Hall–Kier alpha value is -2.70. The van der Waals surface area contributed by atoms with Gasteiger partial charge >= 0.3 is 5.97 Å². The Morgan fingerprint density at radius 2 is 2.06 bits per heavy atom. The van der Waals surface area contributed by atoms with Crippen molar-refractivity contribution < 1.29 is 19.1 Å². The van der Waals surface area contributed by atoms with Crippen LogP contribution in [0.25, 0.3) is 11.4 Å². The molecular formula is C24H29N5O4S3. The van der Waals surface area contributed by atoms with E-state index >= 15 is 0 Å². The summed E-state index contributed by atoms with van der Waals surface area (Å²) in [6, 6.07) is 0. The minimum atomic E-state index is -0.601. The number of methoxy groups -OCH3 is 1. The molecule has 12 heteroatoms. The van der Waals surface area contributed by atoms with Gasteiger partial charge in [0.2, 0.25) is 5.91 Å². The van der Waals surface area contributed by atoms with Crippen LogP contribution in [0.4, 0.5) is 5.00 Å². The van der Waals surface area contributed by atoms with Crippen LogP contribution >= 0.6 is 34.4 Å². The molecule has 192 valence electrons. The van der Waals surface area contributed by atoms with Gasteiger partial charge in [0.15, 0.2) is 11.0 Å². The summed E-state index contributed by atoms with van der Waals surface area (Å²) in [4.78, 5) is 41.0. The Morgan fingerprint density at radius 3 is 2.75 bits per heavy atom. The molecule has 1 N–H and O–H groups in total. The first-order valence-electron chi connectivity index (χ1n) is 11.5. The summed E-state index contributed by atoms with van der Waals surface area (Å²) < 4.78 is 6.80. The lowest BCUT2D eigenvalue weighted by atomic mass is 9.88. The van der Waals surface area contributed by atoms with Gasteiger partial charge in [-0.1, -0.05) is 18.7 Å². The molecule has 3 heterocycles. The van der Waals surface area contributed by atoms with Crippen LogP contribution in [0.3, 0.4) is 0 Å². The number of ether oxygens (including phenoxy) is 1. The van der Waals surface area contributed by atoms with E-state index in [1.54, 1.807) is 32.4 Å². The second-order valence-corrected chi connectivity index (χ2v) is 12.0. The van der Waals surface area contributed by atoms with E-state index in [9.17, 15) is 14.4 Å². The number of hydrogen-bond donors (Lipinski definition) is 1. The van der Waals surface area contributed by atoms with Crippen LogP contribution in [-0.2, 0) is 29.4 Å². The first-order valence-corrected chi connectivity index (χ1v) is 14.2. The quantitative estimate of drug-likeness (QED) is 0.348. The molecule has 3 aromatic heterocycles. The molecule has 3 aromatic rings. The second-order valence-electron chi connectivity index (χ2n) is 9.05. The van der Waals surface area contributed by atoms with Gasteiger partial charge in [0.05, 0.1) is 23.3 Å². The number of anilines is 1. The summed E-state index contributed by atoms with van der Waals surface area (Å²) in [7, 11) is 6.44. The third kappa shape index (κ3) is 5.07. The van der Waals surface area contributed by atoms with Crippen LogP contribution < -0.4 is 5.32 Å². The number of fused-ring (bicyclic) bond motifs is 1. The Bertz CT molecular complexity index is 1320. The molecule has 1 unspecified atom stereocenters. The van der Waals surface area contributed by atoms with E-state index in [0.29, 0.717) is 26.5 Å². The van der Waals surface area contributed by atoms with Crippen molar-refractivity contribution in [1.29, 1.82) is 0 Å². The Balaban J connectivity index is 1.48. The number of aromatic nitrogens is 3. The van der Waals surface area contributed by atoms with E-state index in [4.69, 9.17) is 4.74 Å². The average molecular weight is 548 g/mol. The van der Waals surface area contributed by atoms with E-state index in [1.165, 1.54) is 40.6 Å². The maximum Gasteiger partial charge on any atom is 0.341 e. The highest BCUT2D eigenvalue weighted by Crippen LogP contribution is 2.38. The van der Waals surface area contributed by atoms with Gasteiger partial charge in [-0.25, -0.2) is 4.79 Å². The van der Waals surface area contributed by atoms with Crippen LogP contribution in [0.15, 0.2) is 10.5 Å². The third-order valence-corrected chi connectivity index (χ3v) is 9.47. The highest BCUT2D eigenvalue weighted by Gasteiger charge is 2.28. The molecule has 1 aliphatic rings. The number of thioether (sulfide) groups is 1. The molecule has 0 fully saturated rings. The fourth-order valence-corrected chi connectivity index (χ4v) is 7.38. The van der Waals surface area contributed by atoms with Crippen LogP contribution in [0.5, 0.6) is 0 Å². The summed E-state index contributed by atoms with van der Waals surface area (Å²) in [5.74, 6) is 0.419. The van der Waals surface area contributed by atoms with E-state index in [1.807, 2.05) is 11.6 Å². The van der Waals surface area contributed by atoms with Crippen LogP contribution in [0.2, 0.25) is 0 Å². The fraction of sp³-hybridized carbons (Fsp3) is 0.458. The molecule has 9 nitrogen and oxygen atoms in total. The predicted molar refractivity (Wildman–Crippen MR) is 143 cm³/mol. The van der Waals surface area contributed by atoms with Crippen LogP contribution in [0, 0.1) is 12.8 Å². The van der Waals surface area contributed by atoms with Crippen LogP contribution in [0.1, 0.15) is 49.4 Å². The molecule has 0 aliphatic heterocycles. The molecule has 36 heavy (non-hydrogen) atoms. The lowest BCUT2D eigenvalue weighted by molar-refractivity contribution is -0.113. The van der Waals surface area contributed by atoms with Gasteiger partial charge in [-0.05, 0) is 43.2 Å². The summed E-state index contributed by atoms with van der Waals surface area (Å²) in [6.07, 6.45) is 3.33. The zero-order valence-corrected chi connectivity index (χ0v) is 23.6. The molecule has 0 bridgehead atoms. The van der Waals surface area contributed by atoms with E-state index in [0.717, 1.165) is 35.6 Å². The van der Waals surface area contributed by atoms with Crippen molar-refractivity contribution in [3.8, 4) is 11.4 Å². The molecule has 0 saturated carbocycles. The molecule has 0 saturated heterocycles. The van der Waals surface area contributed by atoms with Crippen molar-refractivity contribution in [1.82, 2.24) is 19.7 Å². The monoisotopic (exact) mass is 547 g/mol. The van der Waals surface area contributed by atoms with Crippen molar-refractivity contribution in [3.63, 3.8) is 0 Å². The maximum atomic E-state index is 12.8. The molecule has 0 spiro atoms. The van der Waals surface area contributed by atoms with Crippen LogP contribution in [-0.4, -0.2) is 64.4 Å². The van der Waals surface area contributed by atoms with Crippen molar-refractivity contribution in [2.75, 3.05) is 32.3 Å². The van der Waals surface area contributed by atoms with Gasteiger partial charge in [-0.3, -0.25) is 9.59 Å². The van der Waals surface area contributed by atoms with Gasteiger partial charge in [0, 0.05) is 37.0 Å². The highest BCUT2D eigenvalue weighted by atomic mass is 32.2. The van der Waals surface area contributed by atoms with Gasteiger partial charge in [0.25, 0.3) is 5.91 Å². The van der Waals surface area contributed by atoms with Gasteiger partial charge in [-0.15, -0.1) is 32.9 Å². The number of nitrogens with zero attached hydrogens (tertiary/aromatic N) is 4. The van der Waals surface area contributed by atoms with E-state index in [2.05, 4.69) is 27.8 Å². The molecule has 2 amide bonds. The first kappa shape index (κ1) is 26.4. The summed E-state index contributed by atoms with van der Waals surface area (Å²) in [6.45, 7) is 3.96. The fourth-order valence-electron chi connectivity index (χ4n) is 4.19. The number of nitrogens with one attached hydrogen (secondary N) is 1. The largest absolute Gasteiger partial charge is 0.465 e. The number of esters is 1. The minimum Gasteiger partial charge on any atom is -0.465 e.